The summed E-state index contributed by atoms with van der Waals surface area (Å²) in [4.78, 5) is 5.48. The van der Waals surface area contributed by atoms with Gasteiger partial charge in [0.15, 0.2) is 0 Å². The Bertz CT molecular complexity index is 688. The van der Waals surface area contributed by atoms with Gasteiger partial charge in [-0.15, -0.1) is 0 Å². The van der Waals surface area contributed by atoms with Crippen molar-refractivity contribution in [2.24, 2.45) is 0 Å². The SMILES string of the molecule is CCCCCCCCCCCCCCCCCCCN1C=CN(CCCCCCCCCCCC)C1CCCCCCCCCCCCCCCC. The van der Waals surface area contributed by atoms with Gasteiger partial charge >= 0.3 is 0 Å². The molecule has 310 valence electrons. The molecule has 0 spiro atoms. The normalized spacial score (nSPS) is 14.4. The Morgan fingerprint density at radius 3 is 0.673 bits per heavy atom. The van der Waals surface area contributed by atoms with Crippen LogP contribution in [0, 0.1) is 0 Å². The average molecular weight is 729 g/mol. The van der Waals surface area contributed by atoms with Crippen LogP contribution in [0.3, 0.4) is 0 Å². The van der Waals surface area contributed by atoms with Crippen molar-refractivity contribution >= 4 is 0 Å². The molecule has 0 N–H and O–H groups in total. The maximum absolute atomic E-state index is 2.74. The largest absolute Gasteiger partial charge is 0.356 e. The Kier molecular flexibility index (Phi) is 39.4. The summed E-state index contributed by atoms with van der Waals surface area (Å²) in [5, 5.41) is 0. The fourth-order valence-electron chi connectivity index (χ4n) is 8.66. The number of rotatable bonds is 44. The minimum absolute atomic E-state index is 0.636. The summed E-state index contributed by atoms with van der Waals surface area (Å²) in [5.74, 6) is 0. The Labute approximate surface area is 330 Å². The highest BCUT2D eigenvalue weighted by Gasteiger charge is 2.24. The van der Waals surface area contributed by atoms with Crippen molar-refractivity contribution < 1.29 is 0 Å². The highest BCUT2D eigenvalue weighted by Crippen LogP contribution is 2.24. The molecule has 2 nitrogen and oxygen atoms in total. The van der Waals surface area contributed by atoms with Crippen molar-refractivity contribution in [1.82, 2.24) is 9.80 Å². The topological polar surface area (TPSA) is 6.48 Å². The summed E-state index contributed by atoms with van der Waals surface area (Å²) < 4.78 is 0. The Morgan fingerprint density at radius 1 is 0.250 bits per heavy atom. The van der Waals surface area contributed by atoms with Crippen LogP contribution in [0.15, 0.2) is 12.4 Å². The van der Waals surface area contributed by atoms with Crippen LogP contribution >= 0.6 is 0 Å². The molecule has 0 radical (unpaired) electrons. The monoisotopic (exact) mass is 729 g/mol. The first kappa shape index (κ1) is 49.4. The van der Waals surface area contributed by atoms with Gasteiger partial charge in [0, 0.05) is 25.5 Å². The Balaban J connectivity index is 2.17. The fourth-order valence-corrected chi connectivity index (χ4v) is 8.66. The zero-order valence-electron chi connectivity index (χ0n) is 36.7. The molecule has 0 saturated heterocycles. The lowest BCUT2D eigenvalue weighted by Gasteiger charge is -2.33. The smallest absolute Gasteiger partial charge is 0.101 e. The van der Waals surface area contributed by atoms with Crippen molar-refractivity contribution in [3.8, 4) is 0 Å². The molecule has 0 bridgehead atoms. The summed E-state index contributed by atoms with van der Waals surface area (Å²) in [7, 11) is 0. The van der Waals surface area contributed by atoms with Crippen molar-refractivity contribution in [2.45, 2.75) is 297 Å². The van der Waals surface area contributed by atoms with Gasteiger partial charge < -0.3 is 9.80 Å². The van der Waals surface area contributed by atoms with E-state index in [4.69, 9.17) is 0 Å². The van der Waals surface area contributed by atoms with E-state index in [9.17, 15) is 0 Å². The van der Waals surface area contributed by atoms with Crippen molar-refractivity contribution in [1.29, 1.82) is 0 Å². The standard InChI is InChI=1S/C50H100N2/c1-4-7-10-13-16-19-22-24-26-27-28-30-32-35-38-41-44-47-52-49-48-51(46-43-40-37-34-21-18-15-12-9-6-3)50(52)45-42-39-36-33-31-29-25-23-20-17-14-11-8-5-2/h48-50H,4-47H2,1-3H3. The van der Waals surface area contributed by atoms with Gasteiger partial charge in [0.25, 0.3) is 0 Å². The van der Waals surface area contributed by atoms with Gasteiger partial charge in [-0.25, -0.2) is 0 Å². The van der Waals surface area contributed by atoms with Crippen molar-refractivity contribution in [3.63, 3.8) is 0 Å². The van der Waals surface area contributed by atoms with Crippen LogP contribution in [0.4, 0.5) is 0 Å². The first-order chi connectivity index (χ1) is 25.8. The minimum Gasteiger partial charge on any atom is -0.356 e. The van der Waals surface area contributed by atoms with Gasteiger partial charge in [0.1, 0.15) is 6.17 Å². The zero-order valence-corrected chi connectivity index (χ0v) is 36.7. The third-order valence-electron chi connectivity index (χ3n) is 12.3. The van der Waals surface area contributed by atoms with Crippen molar-refractivity contribution in [2.75, 3.05) is 13.1 Å². The second-order valence-electron chi connectivity index (χ2n) is 17.5. The summed E-state index contributed by atoms with van der Waals surface area (Å²) >= 11 is 0. The second-order valence-corrected chi connectivity index (χ2v) is 17.5. The molecule has 1 unspecified atom stereocenters. The Hall–Kier alpha value is -0.660. The predicted octanol–water partition coefficient (Wildman–Crippen LogP) is 17.8. The van der Waals surface area contributed by atoms with E-state index < -0.39 is 0 Å². The maximum Gasteiger partial charge on any atom is 0.101 e. The van der Waals surface area contributed by atoms with Gasteiger partial charge in [-0.2, -0.15) is 0 Å². The molecule has 0 aliphatic carbocycles. The predicted molar refractivity (Wildman–Crippen MR) is 237 cm³/mol. The average Bonchev–Trinajstić information content (AvgIpc) is 3.54. The van der Waals surface area contributed by atoms with Gasteiger partial charge in [0.2, 0.25) is 0 Å². The molecule has 52 heavy (non-hydrogen) atoms. The van der Waals surface area contributed by atoms with E-state index in [-0.39, 0.29) is 0 Å². The van der Waals surface area contributed by atoms with E-state index in [1.54, 1.807) is 0 Å². The molecule has 0 aromatic rings. The van der Waals surface area contributed by atoms with Gasteiger partial charge in [-0.1, -0.05) is 265 Å². The molecule has 2 heteroatoms. The van der Waals surface area contributed by atoms with Crippen LogP contribution in [-0.2, 0) is 0 Å². The molecule has 0 aromatic carbocycles. The number of unbranched alkanes of at least 4 members (excludes halogenated alkanes) is 38. The van der Waals surface area contributed by atoms with Crippen LogP contribution in [0.25, 0.3) is 0 Å². The maximum atomic E-state index is 2.74. The highest BCUT2D eigenvalue weighted by molar-refractivity contribution is 4.97. The molecule has 1 aliphatic heterocycles. The van der Waals surface area contributed by atoms with Crippen molar-refractivity contribution in [3.05, 3.63) is 12.4 Å². The summed E-state index contributed by atoms with van der Waals surface area (Å²) in [5.41, 5.74) is 0. The number of hydrogen-bond acceptors (Lipinski definition) is 2. The van der Waals surface area contributed by atoms with Crippen LogP contribution < -0.4 is 0 Å². The molecular weight excluding hydrogens is 629 g/mol. The van der Waals surface area contributed by atoms with Gasteiger partial charge in [-0.3, -0.25) is 0 Å². The molecule has 1 rings (SSSR count). The lowest BCUT2D eigenvalue weighted by molar-refractivity contribution is 0.135. The molecule has 1 atom stereocenters. The summed E-state index contributed by atoms with van der Waals surface area (Å²) in [6, 6.07) is 0. The van der Waals surface area contributed by atoms with E-state index in [1.807, 2.05) is 0 Å². The minimum atomic E-state index is 0.636. The van der Waals surface area contributed by atoms with E-state index in [2.05, 4.69) is 43.0 Å². The van der Waals surface area contributed by atoms with E-state index >= 15 is 0 Å². The third kappa shape index (κ3) is 32.7. The molecule has 0 amide bonds. The first-order valence-electron chi connectivity index (χ1n) is 25.0. The molecule has 1 heterocycles. The number of hydrogen-bond donors (Lipinski definition) is 0. The summed E-state index contributed by atoms with van der Waals surface area (Å²) in [6.07, 6.45) is 66.4. The molecule has 1 aliphatic rings. The van der Waals surface area contributed by atoms with Crippen LogP contribution in [0.1, 0.15) is 290 Å². The molecular formula is C50H100N2. The summed E-state index contributed by atoms with van der Waals surface area (Å²) in [6.45, 7) is 9.49. The zero-order chi connectivity index (χ0) is 37.3. The molecule has 0 fully saturated rings. The van der Waals surface area contributed by atoms with Crippen LogP contribution in [-0.4, -0.2) is 29.1 Å². The van der Waals surface area contributed by atoms with E-state index in [0.29, 0.717) is 6.17 Å². The number of nitrogens with zero attached hydrogens (tertiary/aromatic N) is 2. The quantitative estimate of drug-likeness (QED) is 0.0576. The van der Waals surface area contributed by atoms with Gasteiger partial charge in [0.05, 0.1) is 0 Å². The van der Waals surface area contributed by atoms with E-state index in [1.165, 1.54) is 283 Å². The molecule has 0 saturated carbocycles. The van der Waals surface area contributed by atoms with Crippen LogP contribution in [0.2, 0.25) is 0 Å². The lowest BCUT2D eigenvalue weighted by Crippen LogP contribution is -2.39. The Morgan fingerprint density at radius 2 is 0.442 bits per heavy atom. The second kappa shape index (κ2) is 41.5. The van der Waals surface area contributed by atoms with Gasteiger partial charge in [-0.05, 0) is 25.7 Å². The first-order valence-corrected chi connectivity index (χ1v) is 25.0. The van der Waals surface area contributed by atoms with Crippen LogP contribution in [0.5, 0.6) is 0 Å². The molecule has 0 aromatic heterocycles. The fraction of sp³-hybridized carbons (Fsp3) is 0.960. The van der Waals surface area contributed by atoms with E-state index in [0.717, 1.165) is 0 Å². The highest BCUT2D eigenvalue weighted by atomic mass is 15.4. The third-order valence-corrected chi connectivity index (χ3v) is 12.3. The lowest BCUT2D eigenvalue weighted by atomic mass is 10.0.